The first-order chi connectivity index (χ1) is 20.9. The molecule has 214 valence electrons. The maximum absolute atomic E-state index is 14.0. The summed E-state index contributed by atoms with van der Waals surface area (Å²) in [7, 11) is -1.11. The van der Waals surface area contributed by atoms with Crippen LogP contribution >= 0.6 is 8.03 Å². The summed E-state index contributed by atoms with van der Waals surface area (Å²) in [6.07, 6.45) is 4.63. The van der Waals surface area contributed by atoms with Crippen LogP contribution in [0.3, 0.4) is 0 Å². The molecular formula is C36H32N2O4P+. The van der Waals surface area contributed by atoms with Crippen molar-refractivity contribution in [2.24, 2.45) is 0 Å². The number of hydrogen-bond acceptors (Lipinski definition) is 3. The Morgan fingerprint density at radius 2 is 1.51 bits per heavy atom. The van der Waals surface area contributed by atoms with Gasteiger partial charge in [0.15, 0.2) is 0 Å². The molecule has 7 heteroatoms. The van der Waals surface area contributed by atoms with Gasteiger partial charge in [0.2, 0.25) is 0 Å². The van der Waals surface area contributed by atoms with Gasteiger partial charge in [-0.3, -0.25) is 9.59 Å². The highest BCUT2D eigenvalue weighted by atomic mass is 31.1. The molecule has 0 spiro atoms. The van der Waals surface area contributed by atoms with Crippen molar-refractivity contribution in [3.8, 4) is 0 Å². The number of rotatable bonds is 7. The van der Waals surface area contributed by atoms with E-state index in [4.69, 9.17) is 0 Å². The van der Waals surface area contributed by atoms with Crippen LogP contribution in [0.2, 0.25) is 0 Å². The van der Waals surface area contributed by atoms with Crippen LogP contribution in [0, 0.1) is 0 Å². The van der Waals surface area contributed by atoms with Gasteiger partial charge >= 0.3 is 8.03 Å². The molecule has 0 saturated carbocycles. The molecule has 43 heavy (non-hydrogen) atoms. The van der Waals surface area contributed by atoms with Crippen molar-refractivity contribution in [1.29, 1.82) is 0 Å². The van der Waals surface area contributed by atoms with Gasteiger partial charge in [0, 0.05) is 18.7 Å². The monoisotopic (exact) mass is 587 g/mol. The molecule has 5 aromatic rings. The SMILES string of the molecule is CN(C(=O)c1cc2ccccc2cc1NC(=O)C(c1cccc2ccccc12)[P+](=O)O)C1CC=C(c2ccccc2)CC1. The van der Waals surface area contributed by atoms with Crippen molar-refractivity contribution in [2.75, 3.05) is 12.4 Å². The van der Waals surface area contributed by atoms with Crippen LogP contribution in [0.15, 0.2) is 115 Å². The van der Waals surface area contributed by atoms with E-state index >= 15 is 0 Å². The van der Waals surface area contributed by atoms with Crippen molar-refractivity contribution < 1.29 is 19.0 Å². The molecule has 6 rings (SSSR count). The zero-order valence-electron chi connectivity index (χ0n) is 23.8. The van der Waals surface area contributed by atoms with E-state index in [0.29, 0.717) is 16.8 Å². The van der Waals surface area contributed by atoms with E-state index in [2.05, 4.69) is 23.5 Å². The predicted molar refractivity (Wildman–Crippen MR) is 173 cm³/mol. The number of anilines is 1. The summed E-state index contributed by atoms with van der Waals surface area (Å²) >= 11 is 0. The van der Waals surface area contributed by atoms with Gasteiger partial charge in [-0.15, -0.1) is 0 Å². The molecule has 3 unspecified atom stereocenters. The second-order valence-electron chi connectivity index (χ2n) is 10.9. The van der Waals surface area contributed by atoms with E-state index < -0.39 is 19.6 Å². The van der Waals surface area contributed by atoms with Gasteiger partial charge in [0.1, 0.15) is 0 Å². The quantitative estimate of drug-likeness (QED) is 0.188. The zero-order valence-corrected chi connectivity index (χ0v) is 24.7. The Kier molecular flexibility index (Phi) is 8.15. The number of amides is 2. The molecule has 0 saturated heterocycles. The molecule has 0 aromatic heterocycles. The molecular weight excluding hydrogens is 555 g/mol. The normalized spacial score (nSPS) is 15.9. The summed E-state index contributed by atoms with van der Waals surface area (Å²) < 4.78 is 12.7. The first-order valence-electron chi connectivity index (χ1n) is 14.4. The summed E-state index contributed by atoms with van der Waals surface area (Å²) in [6, 6.07) is 34.3. The second kappa shape index (κ2) is 12.3. The Morgan fingerprint density at radius 1 is 0.860 bits per heavy atom. The summed E-state index contributed by atoms with van der Waals surface area (Å²) in [5, 5.41) is 6.19. The van der Waals surface area contributed by atoms with Crippen LogP contribution in [0.4, 0.5) is 5.69 Å². The lowest BCUT2D eigenvalue weighted by atomic mass is 9.90. The molecule has 3 atom stereocenters. The van der Waals surface area contributed by atoms with Crippen LogP contribution in [-0.2, 0) is 9.36 Å². The number of benzene rings is 5. The van der Waals surface area contributed by atoms with Gasteiger partial charge in [0.05, 0.1) is 11.3 Å². The van der Waals surface area contributed by atoms with Gasteiger partial charge in [-0.1, -0.05) is 103 Å². The molecule has 0 radical (unpaired) electrons. The molecule has 0 fully saturated rings. The third-order valence-corrected chi connectivity index (χ3v) is 9.31. The lowest BCUT2D eigenvalue weighted by Crippen LogP contribution is -2.38. The smallest absolute Gasteiger partial charge is 0.338 e. The van der Waals surface area contributed by atoms with E-state index in [9.17, 15) is 19.0 Å². The minimum atomic E-state index is -2.92. The molecule has 0 bridgehead atoms. The van der Waals surface area contributed by atoms with E-state index in [1.165, 1.54) is 11.1 Å². The van der Waals surface area contributed by atoms with Gasteiger partial charge in [-0.25, -0.2) is 0 Å². The number of hydrogen-bond donors (Lipinski definition) is 2. The Labute approximate surface area is 251 Å². The highest BCUT2D eigenvalue weighted by Gasteiger charge is 2.40. The van der Waals surface area contributed by atoms with E-state index in [1.54, 1.807) is 36.2 Å². The van der Waals surface area contributed by atoms with Crippen molar-refractivity contribution in [1.82, 2.24) is 4.90 Å². The minimum absolute atomic E-state index is 0.00494. The topological polar surface area (TPSA) is 86.7 Å². The zero-order chi connectivity index (χ0) is 29.9. The highest BCUT2D eigenvalue weighted by Crippen LogP contribution is 2.42. The van der Waals surface area contributed by atoms with Crippen molar-refractivity contribution >= 4 is 52.6 Å². The van der Waals surface area contributed by atoms with E-state index in [-0.39, 0.29) is 11.9 Å². The number of fused-ring (bicyclic) bond motifs is 2. The third kappa shape index (κ3) is 5.85. The molecule has 2 N–H and O–H groups in total. The Hall–Kier alpha value is -4.64. The third-order valence-electron chi connectivity index (χ3n) is 8.36. The Balaban J connectivity index is 1.31. The first kappa shape index (κ1) is 28.5. The van der Waals surface area contributed by atoms with Crippen LogP contribution in [0.25, 0.3) is 27.1 Å². The molecule has 2 amide bonds. The maximum atomic E-state index is 14.0. The minimum Gasteiger partial charge on any atom is -0.338 e. The fourth-order valence-corrected chi connectivity index (χ4v) is 6.74. The summed E-state index contributed by atoms with van der Waals surface area (Å²) in [6.45, 7) is 0. The van der Waals surface area contributed by atoms with Crippen molar-refractivity contribution in [3.63, 3.8) is 0 Å². The summed E-state index contributed by atoms with van der Waals surface area (Å²) in [4.78, 5) is 39.9. The lowest BCUT2D eigenvalue weighted by Gasteiger charge is -2.31. The molecule has 0 heterocycles. The summed E-state index contributed by atoms with van der Waals surface area (Å²) in [5.41, 5.74) is 2.31. The van der Waals surface area contributed by atoms with Gasteiger partial charge in [0.25, 0.3) is 17.5 Å². The highest BCUT2D eigenvalue weighted by molar-refractivity contribution is 7.40. The number of allylic oxidation sites excluding steroid dienone is 1. The predicted octanol–water partition coefficient (Wildman–Crippen LogP) is 8.12. The van der Waals surface area contributed by atoms with Crippen molar-refractivity contribution in [3.05, 3.63) is 132 Å². The number of carbonyl (C=O) groups excluding carboxylic acids is 2. The molecule has 0 aliphatic heterocycles. The Morgan fingerprint density at radius 3 is 2.21 bits per heavy atom. The number of carbonyl (C=O) groups is 2. The first-order valence-corrected chi connectivity index (χ1v) is 15.7. The van der Waals surface area contributed by atoms with E-state index in [0.717, 1.165) is 40.8 Å². The van der Waals surface area contributed by atoms with Gasteiger partial charge < -0.3 is 10.2 Å². The fraction of sp³-hybridized carbons (Fsp3) is 0.167. The number of nitrogens with zero attached hydrogens (tertiary/aromatic N) is 1. The molecule has 6 nitrogen and oxygen atoms in total. The fourth-order valence-electron chi connectivity index (χ4n) is 6.01. The average molecular weight is 588 g/mol. The van der Waals surface area contributed by atoms with Crippen LogP contribution in [-0.4, -0.2) is 34.7 Å². The van der Waals surface area contributed by atoms with Crippen LogP contribution in [0.5, 0.6) is 0 Å². The molecule has 5 aromatic carbocycles. The Bertz CT molecular complexity index is 1880. The van der Waals surface area contributed by atoms with Crippen LogP contribution in [0.1, 0.15) is 46.4 Å². The van der Waals surface area contributed by atoms with Crippen molar-refractivity contribution in [2.45, 2.75) is 31.0 Å². The molecule has 1 aliphatic rings. The standard InChI is InChI=1S/C36H31N2O4P/c1-38(29-20-18-25(19-21-29)24-10-3-2-4-11-24)36(40)32-22-27-13-5-6-14-28(27)23-33(32)37-35(39)34(43(41)42)31-17-9-15-26-12-7-8-16-30(26)31/h2-18,22-23,29,34H,19-21H2,1H3,(H-,37,39,40,41,42)/p+1. The van der Waals surface area contributed by atoms with E-state index in [1.807, 2.05) is 72.8 Å². The second-order valence-corrected chi connectivity index (χ2v) is 12.1. The average Bonchev–Trinajstić information content (AvgIpc) is 3.04. The van der Waals surface area contributed by atoms with Gasteiger partial charge in [-0.2, -0.15) is 4.89 Å². The lowest BCUT2D eigenvalue weighted by molar-refractivity contribution is -0.116. The van der Waals surface area contributed by atoms with Crippen LogP contribution < -0.4 is 5.32 Å². The number of nitrogens with one attached hydrogen (secondary N) is 1. The maximum Gasteiger partial charge on any atom is 0.523 e. The largest absolute Gasteiger partial charge is 0.523 e. The van der Waals surface area contributed by atoms with Gasteiger partial charge in [-0.05, 0) is 68.6 Å². The summed E-state index contributed by atoms with van der Waals surface area (Å²) in [5.74, 6) is -0.849. The molecule has 1 aliphatic carbocycles.